The molecule has 0 aliphatic carbocycles. The van der Waals surface area contributed by atoms with Crippen LogP contribution in [-0.4, -0.2) is 24.1 Å². The van der Waals surface area contributed by atoms with Crippen molar-refractivity contribution >= 4 is 23.3 Å². The molecule has 0 atom stereocenters. The molecule has 1 aromatic heterocycles. The molecule has 0 unspecified atom stereocenters. The molecule has 3 aromatic rings. The maximum Gasteiger partial charge on any atom is 0.338 e. The van der Waals surface area contributed by atoms with Gasteiger partial charge in [-0.15, -0.1) is 11.3 Å². The average Bonchev–Trinajstić information content (AvgIpc) is 3.19. The van der Waals surface area contributed by atoms with E-state index >= 15 is 0 Å². The molecule has 7 nitrogen and oxygen atoms in total. The van der Waals surface area contributed by atoms with E-state index in [1.807, 2.05) is 29.6 Å². The second-order valence-electron chi connectivity index (χ2n) is 5.84. The molecule has 2 amide bonds. The molecule has 3 N–H and O–H groups in total. The van der Waals surface area contributed by atoms with E-state index in [0.29, 0.717) is 17.8 Å². The Balaban J connectivity index is 1.59. The zero-order chi connectivity index (χ0) is 19.9. The number of thiazole rings is 1. The SMILES string of the molecule is COc1ccccc1-c1nc(COC(=O)c2ccc(CNC(N)=O)cc2)cs1. The van der Waals surface area contributed by atoms with Gasteiger partial charge in [0.1, 0.15) is 17.4 Å². The molecule has 0 radical (unpaired) electrons. The van der Waals surface area contributed by atoms with Crippen LogP contribution in [0.3, 0.4) is 0 Å². The van der Waals surface area contributed by atoms with E-state index in [4.69, 9.17) is 15.2 Å². The van der Waals surface area contributed by atoms with Crippen molar-refractivity contribution in [3.05, 3.63) is 70.7 Å². The van der Waals surface area contributed by atoms with Crippen LogP contribution >= 0.6 is 11.3 Å². The number of amides is 2. The van der Waals surface area contributed by atoms with Gasteiger partial charge in [0, 0.05) is 11.9 Å². The molecule has 144 valence electrons. The van der Waals surface area contributed by atoms with Crippen LogP contribution in [-0.2, 0) is 17.9 Å². The minimum atomic E-state index is -0.598. The van der Waals surface area contributed by atoms with Crippen LogP contribution in [0.4, 0.5) is 4.79 Å². The third kappa shape index (κ3) is 4.86. The number of nitrogens with zero attached hydrogens (tertiary/aromatic N) is 1. The number of nitrogens with one attached hydrogen (secondary N) is 1. The van der Waals surface area contributed by atoms with Crippen LogP contribution in [0.5, 0.6) is 5.75 Å². The number of urea groups is 1. The fourth-order valence-corrected chi connectivity index (χ4v) is 3.32. The first kappa shape index (κ1) is 19.4. The first-order valence-corrected chi connectivity index (χ1v) is 9.32. The minimum Gasteiger partial charge on any atom is -0.496 e. The molecule has 2 aromatic carbocycles. The van der Waals surface area contributed by atoms with Crippen molar-refractivity contribution in [1.29, 1.82) is 0 Å². The Kier molecular flexibility index (Phi) is 6.23. The van der Waals surface area contributed by atoms with Gasteiger partial charge < -0.3 is 20.5 Å². The highest BCUT2D eigenvalue weighted by atomic mass is 32.1. The second-order valence-corrected chi connectivity index (χ2v) is 6.69. The molecule has 3 rings (SSSR count). The summed E-state index contributed by atoms with van der Waals surface area (Å²) in [6, 6.07) is 13.8. The van der Waals surface area contributed by atoms with E-state index in [1.165, 1.54) is 11.3 Å². The van der Waals surface area contributed by atoms with Crippen LogP contribution in [0.1, 0.15) is 21.6 Å². The number of primary amides is 1. The fourth-order valence-electron chi connectivity index (χ4n) is 2.49. The highest BCUT2D eigenvalue weighted by Gasteiger charge is 2.12. The Morgan fingerprint density at radius 1 is 1.14 bits per heavy atom. The topological polar surface area (TPSA) is 104 Å². The van der Waals surface area contributed by atoms with E-state index in [2.05, 4.69) is 10.3 Å². The molecule has 28 heavy (non-hydrogen) atoms. The minimum absolute atomic E-state index is 0.0788. The van der Waals surface area contributed by atoms with Crippen molar-refractivity contribution in [3.8, 4) is 16.3 Å². The van der Waals surface area contributed by atoms with Crippen LogP contribution in [0.15, 0.2) is 53.9 Å². The summed E-state index contributed by atoms with van der Waals surface area (Å²) >= 11 is 1.46. The zero-order valence-electron chi connectivity index (χ0n) is 15.2. The van der Waals surface area contributed by atoms with Gasteiger partial charge >= 0.3 is 12.0 Å². The lowest BCUT2D eigenvalue weighted by Gasteiger charge is -2.06. The molecule has 0 aliphatic heterocycles. The lowest BCUT2D eigenvalue weighted by molar-refractivity contribution is 0.0468. The summed E-state index contributed by atoms with van der Waals surface area (Å²) in [5.74, 6) is 0.299. The van der Waals surface area contributed by atoms with Gasteiger partial charge in [-0.25, -0.2) is 14.6 Å². The fraction of sp³-hybridized carbons (Fsp3) is 0.150. The Labute approximate surface area is 166 Å². The molecule has 1 heterocycles. The molecular weight excluding hydrogens is 378 g/mol. The number of rotatable bonds is 7. The zero-order valence-corrected chi connectivity index (χ0v) is 16.0. The van der Waals surface area contributed by atoms with E-state index < -0.39 is 12.0 Å². The largest absolute Gasteiger partial charge is 0.496 e. The van der Waals surface area contributed by atoms with Crippen molar-refractivity contribution in [1.82, 2.24) is 10.3 Å². The van der Waals surface area contributed by atoms with Gasteiger partial charge in [-0.1, -0.05) is 24.3 Å². The number of carbonyl (C=O) groups excluding carboxylic acids is 2. The Hall–Kier alpha value is -3.39. The number of benzene rings is 2. The first-order valence-electron chi connectivity index (χ1n) is 8.44. The summed E-state index contributed by atoms with van der Waals surface area (Å²) in [5, 5.41) is 5.14. The van der Waals surface area contributed by atoms with Crippen LogP contribution < -0.4 is 15.8 Å². The summed E-state index contributed by atoms with van der Waals surface area (Å²) < 4.78 is 10.7. The van der Waals surface area contributed by atoms with Crippen molar-refractivity contribution in [3.63, 3.8) is 0 Å². The standard InChI is InChI=1S/C20H19N3O4S/c1-26-17-5-3-2-4-16(17)18-23-15(12-28-18)11-27-19(24)14-8-6-13(7-9-14)10-22-20(21)25/h2-9,12H,10-11H2,1H3,(H3,21,22,25). The number of aromatic nitrogens is 1. The predicted molar refractivity (Wildman–Crippen MR) is 106 cm³/mol. The molecule has 0 saturated carbocycles. The van der Waals surface area contributed by atoms with Crippen molar-refractivity contribution < 1.29 is 19.1 Å². The van der Waals surface area contributed by atoms with Gasteiger partial charge in [0.2, 0.25) is 0 Å². The van der Waals surface area contributed by atoms with Crippen LogP contribution in [0, 0.1) is 0 Å². The third-order valence-electron chi connectivity index (χ3n) is 3.90. The number of esters is 1. The monoisotopic (exact) mass is 397 g/mol. The molecular formula is C20H19N3O4S. The number of para-hydroxylation sites is 1. The second kappa shape index (κ2) is 9.01. The summed E-state index contributed by atoms with van der Waals surface area (Å²) in [6.45, 7) is 0.380. The number of hydrogen-bond donors (Lipinski definition) is 2. The predicted octanol–water partition coefficient (Wildman–Crippen LogP) is 3.34. The van der Waals surface area contributed by atoms with Gasteiger partial charge in [0.05, 0.1) is 23.9 Å². The van der Waals surface area contributed by atoms with E-state index in [9.17, 15) is 9.59 Å². The maximum absolute atomic E-state index is 12.2. The van der Waals surface area contributed by atoms with Gasteiger partial charge in [-0.3, -0.25) is 0 Å². The molecule has 0 saturated heterocycles. The first-order chi connectivity index (χ1) is 13.6. The summed E-state index contributed by atoms with van der Waals surface area (Å²) in [7, 11) is 1.62. The van der Waals surface area contributed by atoms with E-state index in [0.717, 1.165) is 21.9 Å². The Morgan fingerprint density at radius 2 is 1.89 bits per heavy atom. The molecule has 0 bridgehead atoms. The van der Waals surface area contributed by atoms with E-state index in [1.54, 1.807) is 31.4 Å². The van der Waals surface area contributed by atoms with Crippen LogP contribution in [0.25, 0.3) is 10.6 Å². The smallest absolute Gasteiger partial charge is 0.338 e. The molecule has 8 heteroatoms. The summed E-state index contributed by atoms with van der Waals surface area (Å²) in [5.41, 5.74) is 7.85. The Morgan fingerprint density at radius 3 is 2.61 bits per heavy atom. The Bertz CT molecular complexity index is 970. The number of hydrogen-bond acceptors (Lipinski definition) is 6. The number of ether oxygens (including phenoxy) is 2. The van der Waals surface area contributed by atoms with Crippen LogP contribution in [0.2, 0.25) is 0 Å². The van der Waals surface area contributed by atoms with Gasteiger partial charge in [0.25, 0.3) is 0 Å². The lowest BCUT2D eigenvalue weighted by Crippen LogP contribution is -2.28. The quantitative estimate of drug-likeness (QED) is 0.595. The highest BCUT2D eigenvalue weighted by molar-refractivity contribution is 7.13. The number of methoxy groups -OCH3 is 1. The highest BCUT2D eigenvalue weighted by Crippen LogP contribution is 2.32. The summed E-state index contributed by atoms with van der Waals surface area (Å²) in [4.78, 5) is 27.5. The number of carbonyl (C=O) groups is 2. The van der Waals surface area contributed by atoms with E-state index in [-0.39, 0.29) is 6.61 Å². The van der Waals surface area contributed by atoms with Gasteiger partial charge in [-0.05, 0) is 29.8 Å². The van der Waals surface area contributed by atoms with Gasteiger partial charge in [-0.2, -0.15) is 0 Å². The normalized spacial score (nSPS) is 10.3. The van der Waals surface area contributed by atoms with Crippen molar-refractivity contribution in [2.45, 2.75) is 13.2 Å². The van der Waals surface area contributed by atoms with Gasteiger partial charge in [0.15, 0.2) is 0 Å². The molecule has 0 aliphatic rings. The van der Waals surface area contributed by atoms with Crippen molar-refractivity contribution in [2.24, 2.45) is 5.73 Å². The average molecular weight is 397 g/mol. The maximum atomic E-state index is 12.2. The third-order valence-corrected chi connectivity index (χ3v) is 4.82. The molecule has 0 fully saturated rings. The van der Waals surface area contributed by atoms with Crippen molar-refractivity contribution in [2.75, 3.05) is 7.11 Å². The lowest BCUT2D eigenvalue weighted by atomic mass is 10.1. The number of nitrogens with two attached hydrogens (primary N) is 1. The summed E-state index contributed by atoms with van der Waals surface area (Å²) in [6.07, 6.45) is 0. The molecule has 0 spiro atoms.